The van der Waals surface area contributed by atoms with Crippen LogP contribution in [0, 0.1) is 10.1 Å². The Bertz CT molecular complexity index is 718. The molecule has 0 radical (unpaired) electrons. The Morgan fingerprint density at radius 2 is 2.05 bits per heavy atom. The number of hydrogen-bond acceptors (Lipinski definition) is 5. The second kappa shape index (κ2) is 6.95. The maximum absolute atomic E-state index is 12.3. The predicted octanol–water partition coefficient (Wildman–Crippen LogP) is 3.58. The number of benzene rings is 2. The van der Waals surface area contributed by atoms with Crippen LogP contribution in [0.1, 0.15) is 10.4 Å². The van der Waals surface area contributed by atoms with Gasteiger partial charge in [0.15, 0.2) is 0 Å². The van der Waals surface area contributed by atoms with Crippen molar-refractivity contribution in [1.29, 1.82) is 0 Å². The maximum atomic E-state index is 12.3. The van der Waals surface area contributed by atoms with Gasteiger partial charge in [0, 0.05) is 16.5 Å². The number of nitro benzene ring substituents is 1. The number of amides is 1. The monoisotopic (exact) mass is 318 g/mol. The summed E-state index contributed by atoms with van der Waals surface area (Å²) >= 11 is 1.54. The third-order valence-electron chi connectivity index (χ3n) is 2.98. The van der Waals surface area contributed by atoms with Crippen molar-refractivity contribution in [3.8, 4) is 5.75 Å². The lowest BCUT2D eigenvalue weighted by Crippen LogP contribution is -2.12. The van der Waals surface area contributed by atoms with Crippen LogP contribution < -0.4 is 10.1 Å². The van der Waals surface area contributed by atoms with Crippen LogP contribution in [0.3, 0.4) is 0 Å². The molecular formula is C15H14N2O4S. The average molecular weight is 318 g/mol. The highest BCUT2D eigenvalue weighted by molar-refractivity contribution is 7.98. The molecule has 1 amide bonds. The van der Waals surface area contributed by atoms with E-state index in [0.29, 0.717) is 11.3 Å². The first-order chi connectivity index (χ1) is 10.5. The summed E-state index contributed by atoms with van der Waals surface area (Å²) in [6, 6.07) is 11.2. The summed E-state index contributed by atoms with van der Waals surface area (Å²) in [5.41, 5.74) is 0.791. The standard InChI is InChI=1S/C15H14N2O4S/c1-21-14-9-11(17(19)20)6-7-13(14)16-15(18)10-4-3-5-12(8-10)22-2/h3-9H,1-2H3,(H,16,18). The molecule has 2 rings (SSSR count). The van der Waals surface area contributed by atoms with Gasteiger partial charge in [0.05, 0.1) is 23.8 Å². The molecule has 7 heteroatoms. The molecule has 6 nitrogen and oxygen atoms in total. The van der Waals surface area contributed by atoms with Gasteiger partial charge >= 0.3 is 0 Å². The predicted molar refractivity (Wildman–Crippen MR) is 85.8 cm³/mol. The van der Waals surface area contributed by atoms with Crippen molar-refractivity contribution in [2.24, 2.45) is 0 Å². The van der Waals surface area contributed by atoms with E-state index >= 15 is 0 Å². The second-order valence-electron chi connectivity index (χ2n) is 4.33. The number of carbonyl (C=O) groups excluding carboxylic acids is 1. The zero-order valence-electron chi connectivity index (χ0n) is 12.0. The van der Waals surface area contributed by atoms with Crippen LogP contribution >= 0.6 is 11.8 Å². The molecule has 0 unspecified atom stereocenters. The Balaban J connectivity index is 2.25. The van der Waals surface area contributed by atoms with Gasteiger partial charge in [-0.25, -0.2) is 0 Å². The number of hydrogen-bond donors (Lipinski definition) is 1. The molecular weight excluding hydrogens is 304 g/mol. The van der Waals surface area contributed by atoms with Gasteiger partial charge in [-0.3, -0.25) is 14.9 Å². The Kier molecular flexibility index (Phi) is 5.00. The molecule has 22 heavy (non-hydrogen) atoms. The van der Waals surface area contributed by atoms with E-state index in [9.17, 15) is 14.9 Å². The number of nitrogens with one attached hydrogen (secondary N) is 1. The Morgan fingerprint density at radius 3 is 2.68 bits per heavy atom. The molecule has 2 aromatic rings. The summed E-state index contributed by atoms with van der Waals surface area (Å²) in [7, 11) is 1.39. The minimum atomic E-state index is -0.518. The van der Waals surface area contributed by atoms with Crippen molar-refractivity contribution in [2.75, 3.05) is 18.7 Å². The summed E-state index contributed by atoms with van der Waals surface area (Å²) < 4.78 is 5.09. The first kappa shape index (κ1) is 15.8. The van der Waals surface area contributed by atoms with Crippen molar-refractivity contribution in [3.63, 3.8) is 0 Å². The van der Waals surface area contributed by atoms with Crippen LogP contribution in [0.5, 0.6) is 5.75 Å². The number of nitro groups is 1. The summed E-state index contributed by atoms with van der Waals surface area (Å²) in [4.78, 5) is 23.5. The smallest absolute Gasteiger partial charge is 0.273 e. The molecule has 0 aliphatic heterocycles. The lowest BCUT2D eigenvalue weighted by molar-refractivity contribution is -0.384. The zero-order valence-corrected chi connectivity index (χ0v) is 12.8. The Morgan fingerprint density at radius 1 is 1.27 bits per heavy atom. The van der Waals surface area contributed by atoms with Crippen molar-refractivity contribution in [3.05, 3.63) is 58.1 Å². The van der Waals surface area contributed by atoms with Gasteiger partial charge < -0.3 is 10.1 Å². The van der Waals surface area contributed by atoms with Gasteiger partial charge in [-0.15, -0.1) is 11.8 Å². The highest BCUT2D eigenvalue weighted by atomic mass is 32.2. The first-order valence-electron chi connectivity index (χ1n) is 6.33. The molecule has 0 fully saturated rings. The number of thioether (sulfide) groups is 1. The molecule has 114 valence electrons. The lowest BCUT2D eigenvalue weighted by atomic mass is 10.2. The largest absolute Gasteiger partial charge is 0.494 e. The van der Waals surface area contributed by atoms with Crippen LogP contribution in [0.15, 0.2) is 47.4 Å². The lowest BCUT2D eigenvalue weighted by Gasteiger charge is -2.10. The minimum absolute atomic E-state index is 0.0979. The third-order valence-corrected chi connectivity index (χ3v) is 3.70. The maximum Gasteiger partial charge on any atom is 0.273 e. The summed E-state index contributed by atoms with van der Waals surface area (Å²) in [5, 5.41) is 13.5. The SMILES string of the molecule is COc1cc([N+](=O)[O-])ccc1NC(=O)c1cccc(SC)c1. The summed E-state index contributed by atoms with van der Waals surface area (Å²) in [6.45, 7) is 0. The van der Waals surface area contributed by atoms with Gasteiger partial charge in [0.1, 0.15) is 5.75 Å². The molecule has 0 aromatic heterocycles. The van der Waals surface area contributed by atoms with E-state index in [4.69, 9.17) is 4.74 Å². The number of nitrogens with zero attached hydrogens (tertiary/aromatic N) is 1. The van der Waals surface area contributed by atoms with Crippen molar-refractivity contribution >= 4 is 29.0 Å². The average Bonchev–Trinajstić information content (AvgIpc) is 2.54. The van der Waals surface area contributed by atoms with Gasteiger partial charge in [-0.2, -0.15) is 0 Å². The van der Waals surface area contributed by atoms with E-state index in [-0.39, 0.29) is 17.3 Å². The molecule has 2 aromatic carbocycles. The fourth-order valence-electron chi connectivity index (χ4n) is 1.86. The second-order valence-corrected chi connectivity index (χ2v) is 5.21. The van der Waals surface area contributed by atoms with Gasteiger partial charge in [0.25, 0.3) is 11.6 Å². The molecule has 0 bridgehead atoms. The third kappa shape index (κ3) is 3.56. The fourth-order valence-corrected chi connectivity index (χ4v) is 2.31. The first-order valence-corrected chi connectivity index (χ1v) is 7.55. The zero-order chi connectivity index (χ0) is 16.1. The van der Waals surface area contributed by atoms with Crippen molar-refractivity contribution in [2.45, 2.75) is 4.90 Å². The van der Waals surface area contributed by atoms with Crippen LogP contribution in [0.25, 0.3) is 0 Å². The van der Waals surface area contributed by atoms with Crippen LogP contribution in [0.2, 0.25) is 0 Å². The Labute approximate surface area is 131 Å². The van der Waals surface area contributed by atoms with E-state index in [2.05, 4.69) is 5.32 Å². The number of anilines is 1. The quantitative estimate of drug-likeness (QED) is 0.518. The van der Waals surface area contributed by atoms with Crippen LogP contribution in [-0.4, -0.2) is 24.2 Å². The van der Waals surface area contributed by atoms with E-state index in [1.807, 2.05) is 12.3 Å². The molecule has 0 saturated heterocycles. The topological polar surface area (TPSA) is 81.5 Å². The highest BCUT2D eigenvalue weighted by Crippen LogP contribution is 2.29. The molecule has 0 atom stereocenters. The molecule has 0 aliphatic rings. The van der Waals surface area contributed by atoms with Crippen molar-refractivity contribution in [1.82, 2.24) is 0 Å². The van der Waals surface area contributed by atoms with Crippen molar-refractivity contribution < 1.29 is 14.5 Å². The fraction of sp³-hybridized carbons (Fsp3) is 0.133. The van der Waals surface area contributed by atoms with Gasteiger partial charge in [0.2, 0.25) is 0 Å². The molecule has 0 aliphatic carbocycles. The number of non-ortho nitro benzene ring substituents is 1. The highest BCUT2D eigenvalue weighted by Gasteiger charge is 2.14. The molecule has 0 heterocycles. The number of ether oxygens (including phenoxy) is 1. The van der Waals surface area contributed by atoms with E-state index < -0.39 is 4.92 Å². The minimum Gasteiger partial charge on any atom is -0.494 e. The molecule has 0 saturated carbocycles. The van der Waals surface area contributed by atoms with E-state index in [1.54, 1.807) is 18.2 Å². The Hall–Kier alpha value is -2.54. The number of carbonyl (C=O) groups is 1. The normalized spacial score (nSPS) is 10.1. The van der Waals surface area contributed by atoms with E-state index in [0.717, 1.165) is 4.90 Å². The van der Waals surface area contributed by atoms with E-state index in [1.165, 1.54) is 37.1 Å². The molecule has 1 N–H and O–H groups in total. The number of methoxy groups -OCH3 is 1. The molecule has 0 spiro atoms. The van der Waals surface area contributed by atoms with Gasteiger partial charge in [-0.1, -0.05) is 6.07 Å². The summed E-state index contributed by atoms with van der Waals surface area (Å²) in [5.74, 6) is -0.0633. The van der Waals surface area contributed by atoms with Crippen LogP contribution in [0.4, 0.5) is 11.4 Å². The number of rotatable bonds is 5. The van der Waals surface area contributed by atoms with Gasteiger partial charge in [-0.05, 0) is 30.5 Å². The summed E-state index contributed by atoms with van der Waals surface area (Å²) in [6.07, 6.45) is 1.93. The van der Waals surface area contributed by atoms with Crippen LogP contribution in [-0.2, 0) is 0 Å².